The van der Waals surface area contributed by atoms with Crippen molar-refractivity contribution in [1.29, 1.82) is 0 Å². The molecule has 2 aromatic rings. The average molecular weight is 337 g/mol. The maximum absolute atomic E-state index is 12.8. The van der Waals surface area contributed by atoms with E-state index in [4.69, 9.17) is 4.74 Å². The summed E-state index contributed by atoms with van der Waals surface area (Å²) in [6.45, 7) is -1.59. The molecule has 1 atom stereocenters. The van der Waals surface area contributed by atoms with Gasteiger partial charge in [0.05, 0.1) is 25.5 Å². The molecule has 1 aromatic carbocycles. The highest BCUT2D eigenvalue weighted by molar-refractivity contribution is 5.94. The molecule has 1 aliphatic heterocycles. The van der Waals surface area contributed by atoms with E-state index in [0.717, 1.165) is 5.56 Å². The first-order chi connectivity index (χ1) is 11.5. The molecule has 1 fully saturated rings. The Kier molecular flexibility index (Phi) is 4.75. The van der Waals surface area contributed by atoms with Crippen LogP contribution in [0.5, 0.6) is 5.75 Å². The molecule has 1 aliphatic rings. The Morgan fingerprint density at radius 1 is 1.38 bits per heavy atom. The van der Waals surface area contributed by atoms with Crippen molar-refractivity contribution in [3.05, 3.63) is 47.8 Å². The Hall–Kier alpha value is -2.48. The second-order valence-electron chi connectivity index (χ2n) is 5.44. The molecule has 1 aromatic heterocycles. The lowest BCUT2D eigenvalue weighted by molar-refractivity contribution is -0.0498. The van der Waals surface area contributed by atoms with E-state index in [1.54, 1.807) is 22.8 Å². The molecule has 1 amide bonds. The molecule has 2 heterocycles. The molecule has 0 saturated carbocycles. The molecule has 128 valence electrons. The van der Waals surface area contributed by atoms with E-state index >= 15 is 0 Å². The van der Waals surface area contributed by atoms with Gasteiger partial charge in [0.25, 0.3) is 5.91 Å². The highest BCUT2D eigenvalue weighted by atomic mass is 19.3. The topological polar surface area (TPSA) is 56.6 Å². The summed E-state index contributed by atoms with van der Waals surface area (Å²) in [6, 6.07) is 5.46. The molecule has 0 bridgehead atoms. The van der Waals surface area contributed by atoms with Crippen molar-refractivity contribution in [2.45, 2.75) is 12.7 Å². The number of rotatable bonds is 4. The number of carbonyl (C=O) groups excluding carboxylic acids is 1. The standard InChI is InChI=1S/C16H17F2N3O3/c1-20-9-12(8-19-20)14-10-23-7-6-21(14)15(22)11-2-4-13(5-3-11)24-16(17)18/h2-5,8-9,14,16H,6-7,10H2,1H3. The van der Waals surface area contributed by atoms with Gasteiger partial charge in [-0.3, -0.25) is 9.48 Å². The van der Waals surface area contributed by atoms with Crippen molar-refractivity contribution in [1.82, 2.24) is 14.7 Å². The van der Waals surface area contributed by atoms with E-state index < -0.39 is 6.61 Å². The number of ether oxygens (including phenoxy) is 2. The summed E-state index contributed by atoms with van der Waals surface area (Å²) in [5, 5.41) is 4.13. The molecule has 8 heteroatoms. The number of morpholine rings is 1. The summed E-state index contributed by atoms with van der Waals surface area (Å²) in [7, 11) is 1.81. The van der Waals surface area contributed by atoms with Gasteiger partial charge in [-0.05, 0) is 24.3 Å². The quantitative estimate of drug-likeness (QED) is 0.859. The molecule has 0 aliphatic carbocycles. The van der Waals surface area contributed by atoms with Crippen LogP contribution in [-0.4, -0.2) is 47.0 Å². The van der Waals surface area contributed by atoms with Gasteiger partial charge in [-0.1, -0.05) is 0 Å². The van der Waals surface area contributed by atoms with Crippen molar-refractivity contribution >= 4 is 5.91 Å². The number of aromatic nitrogens is 2. The van der Waals surface area contributed by atoms with Gasteiger partial charge in [0, 0.05) is 30.9 Å². The number of hydrogen-bond donors (Lipinski definition) is 0. The lowest BCUT2D eigenvalue weighted by atomic mass is 10.1. The Morgan fingerprint density at radius 3 is 2.75 bits per heavy atom. The molecular weight excluding hydrogens is 320 g/mol. The van der Waals surface area contributed by atoms with Crippen LogP contribution in [0, 0.1) is 0 Å². The smallest absolute Gasteiger partial charge is 0.387 e. The molecule has 6 nitrogen and oxygen atoms in total. The highest BCUT2D eigenvalue weighted by Crippen LogP contribution is 2.26. The molecule has 0 N–H and O–H groups in total. The Morgan fingerprint density at radius 2 is 2.12 bits per heavy atom. The fraction of sp³-hybridized carbons (Fsp3) is 0.375. The van der Waals surface area contributed by atoms with Crippen LogP contribution in [0.1, 0.15) is 22.0 Å². The molecule has 24 heavy (non-hydrogen) atoms. The molecule has 3 rings (SSSR count). The highest BCUT2D eigenvalue weighted by Gasteiger charge is 2.30. The number of halogens is 2. The number of nitrogens with zero attached hydrogens (tertiary/aromatic N) is 3. The molecule has 1 saturated heterocycles. The van der Waals surface area contributed by atoms with E-state index in [1.807, 2.05) is 6.20 Å². The zero-order valence-electron chi connectivity index (χ0n) is 13.1. The number of carbonyl (C=O) groups is 1. The van der Waals surface area contributed by atoms with Gasteiger partial charge >= 0.3 is 6.61 Å². The van der Waals surface area contributed by atoms with Crippen LogP contribution in [0.25, 0.3) is 0 Å². The predicted molar refractivity (Wildman–Crippen MR) is 80.9 cm³/mol. The third kappa shape index (κ3) is 3.53. The summed E-state index contributed by atoms with van der Waals surface area (Å²) >= 11 is 0. The summed E-state index contributed by atoms with van der Waals surface area (Å²) in [4.78, 5) is 14.5. The zero-order chi connectivity index (χ0) is 17.1. The van der Waals surface area contributed by atoms with E-state index in [2.05, 4.69) is 9.84 Å². The second-order valence-corrected chi connectivity index (χ2v) is 5.44. The van der Waals surface area contributed by atoms with E-state index in [0.29, 0.717) is 25.3 Å². The molecule has 1 unspecified atom stereocenters. The third-order valence-corrected chi connectivity index (χ3v) is 3.83. The lowest BCUT2D eigenvalue weighted by Gasteiger charge is -2.35. The van der Waals surface area contributed by atoms with Crippen LogP contribution in [0.3, 0.4) is 0 Å². The maximum Gasteiger partial charge on any atom is 0.387 e. The van der Waals surface area contributed by atoms with Crippen LogP contribution in [0.2, 0.25) is 0 Å². The first-order valence-corrected chi connectivity index (χ1v) is 7.47. The van der Waals surface area contributed by atoms with Gasteiger partial charge < -0.3 is 14.4 Å². The number of amides is 1. The maximum atomic E-state index is 12.8. The minimum absolute atomic E-state index is 0.0207. The van der Waals surface area contributed by atoms with Crippen LogP contribution in [0.15, 0.2) is 36.7 Å². The lowest BCUT2D eigenvalue weighted by Crippen LogP contribution is -2.43. The van der Waals surface area contributed by atoms with E-state index in [-0.39, 0.29) is 17.7 Å². The monoisotopic (exact) mass is 337 g/mol. The average Bonchev–Trinajstić information content (AvgIpc) is 3.01. The largest absolute Gasteiger partial charge is 0.435 e. The minimum atomic E-state index is -2.89. The van der Waals surface area contributed by atoms with Crippen molar-refractivity contribution < 1.29 is 23.0 Å². The first-order valence-electron chi connectivity index (χ1n) is 7.47. The van der Waals surface area contributed by atoms with Crippen molar-refractivity contribution in [2.24, 2.45) is 7.05 Å². The Bertz CT molecular complexity index is 703. The molecule has 0 radical (unpaired) electrons. The minimum Gasteiger partial charge on any atom is -0.435 e. The summed E-state index contributed by atoms with van der Waals surface area (Å²) in [5.74, 6) is -0.164. The van der Waals surface area contributed by atoms with Crippen LogP contribution in [-0.2, 0) is 11.8 Å². The second kappa shape index (κ2) is 6.96. The zero-order valence-corrected chi connectivity index (χ0v) is 13.1. The van der Waals surface area contributed by atoms with Gasteiger partial charge in [-0.2, -0.15) is 13.9 Å². The fourth-order valence-corrected chi connectivity index (χ4v) is 2.68. The van der Waals surface area contributed by atoms with Gasteiger partial charge in [0.2, 0.25) is 0 Å². The van der Waals surface area contributed by atoms with E-state index in [1.165, 1.54) is 24.3 Å². The summed E-state index contributed by atoms with van der Waals surface area (Å²) in [5.41, 5.74) is 1.30. The number of benzene rings is 1. The van der Waals surface area contributed by atoms with Crippen molar-refractivity contribution in [3.63, 3.8) is 0 Å². The summed E-state index contributed by atoms with van der Waals surface area (Å²) in [6.07, 6.45) is 3.55. The Balaban J connectivity index is 1.78. The van der Waals surface area contributed by atoms with Crippen molar-refractivity contribution in [3.8, 4) is 5.75 Å². The molecule has 0 spiro atoms. The van der Waals surface area contributed by atoms with Crippen LogP contribution < -0.4 is 4.74 Å². The third-order valence-electron chi connectivity index (χ3n) is 3.83. The number of aryl methyl sites for hydroxylation is 1. The van der Waals surface area contributed by atoms with Gasteiger partial charge in [-0.25, -0.2) is 0 Å². The van der Waals surface area contributed by atoms with Gasteiger partial charge in [-0.15, -0.1) is 0 Å². The van der Waals surface area contributed by atoms with Gasteiger partial charge in [0.1, 0.15) is 5.75 Å². The van der Waals surface area contributed by atoms with Gasteiger partial charge in [0.15, 0.2) is 0 Å². The SMILES string of the molecule is Cn1cc(C2COCCN2C(=O)c2ccc(OC(F)F)cc2)cn1. The number of alkyl halides is 2. The summed E-state index contributed by atoms with van der Waals surface area (Å²) < 4.78 is 35.8. The number of hydrogen-bond acceptors (Lipinski definition) is 4. The van der Waals surface area contributed by atoms with Crippen LogP contribution in [0.4, 0.5) is 8.78 Å². The normalized spacial score (nSPS) is 18.0. The van der Waals surface area contributed by atoms with Crippen molar-refractivity contribution in [2.75, 3.05) is 19.8 Å². The molecular formula is C16H17F2N3O3. The van der Waals surface area contributed by atoms with E-state index in [9.17, 15) is 13.6 Å². The fourth-order valence-electron chi connectivity index (χ4n) is 2.68. The van der Waals surface area contributed by atoms with Crippen LogP contribution >= 0.6 is 0 Å². The predicted octanol–water partition coefficient (Wildman–Crippen LogP) is 2.24. The Labute approximate surface area is 137 Å². The first kappa shape index (κ1) is 16.4.